The van der Waals surface area contributed by atoms with Crippen LogP contribution in [0, 0.1) is 5.82 Å². The van der Waals surface area contributed by atoms with Crippen molar-refractivity contribution in [3.63, 3.8) is 0 Å². The van der Waals surface area contributed by atoms with Gasteiger partial charge >= 0.3 is 0 Å². The molecule has 0 bridgehead atoms. The molecule has 0 radical (unpaired) electrons. The number of hydrazine groups is 1. The third kappa shape index (κ3) is 5.26. The van der Waals surface area contributed by atoms with E-state index in [1.165, 1.54) is 25.1 Å². The summed E-state index contributed by atoms with van der Waals surface area (Å²) < 4.78 is 19.5. The number of hydrogen-bond donors (Lipinski definition) is 2. The predicted molar refractivity (Wildman–Crippen MR) is 112 cm³/mol. The Morgan fingerprint density at radius 1 is 1.10 bits per heavy atom. The van der Waals surface area contributed by atoms with Crippen molar-refractivity contribution in [1.29, 1.82) is 0 Å². The van der Waals surface area contributed by atoms with Crippen molar-refractivity contribution in [3.05, 3.63) is 63.9 Å². The zero-order chi connectivity index (χ0) is 22.5. The van der Waals surface area contributed by atoms with Crippen LogP contribution in [0.5, 0.6) is 5.75 Å². The number of nitrogens with zero attached hydrogens (tertiary/aromatic N) is 1. The summed E-state index contributed by atoms with van der Waals surface area (Å²) in [6.45, 7) is 1.48. The molecular weight excluding hydrogens is 473 g/mol. The highest BCUT2D eigenvalue weighted by Gasteiger charge is 2.35. The summed E-state index contributed by atoms with van der Waals surface area (Å²) in [7, 11) is 0. The number of carbonyl (C=O) groups excluding carboxylic acids is 4. The molecule has 2 N–H and O–H groups in total. The molecule has 2 aromatic rings. The molecule has 1 unspecified atom stereocenters. The second-order valence-electron chi connectivity index (χ2n) is 6.78. The Morgan fingerprint density at radius 3 is 2.55 bits per heavy atom. The van der Waals surface area contributed by atoms with Gasteiger partial charge in [-0.3, -0.25) is 34.9 Å². The Kier molecular flexibility index (Phi) is 7.01. The van der Waals surface area contributed by atoms with Gasteiger partial charge in [-0.15, -0.1) is 0 Å². The molecule has 8 nitrogen and oxygen atoms in total. The van der Waals surface area contributed by atoms with Crippen molar-refractivity contribution in [2.75, 3.05) is 6.54 Å². The number of para-hydroxylation sites is 1. The van der Waals surface area contributed by atoms with Gasteiger partial charge in [0.15, 0.2) is 17.7 Å². The maximum Gasteiger partial charge on any atom is 0.279 e. The summed E-state index contributed by atoms with van der Waals surface area (Å²) in [5.41, 5.74) is 5.08. The van der Waals surface area contributed by atoms with Crippen LogP contribution in [0.3, 0.4) is 0 Å². The van der Waals surface area contributed by atoms with Crippen LogP contribution in [-0.4, -0.2) is 41.2 Å². The number of fused-ring (bicyclic) bond motifs is 1. The van der Waals surface area contributed by atoms with E-state index in [1.807, 2.05) is 0 Å². The molecule has 1 aliphatic rings. The van der Waals surface area contributed by atoms with E-state index in [0.717, 1.165) is 4.90 Å². The molecule has 10 heteroatoms. The van der Waals surface area contributed by atoms with Crippen molar-refractivity contribution < 1.29 is 28.3 Å². The summed E-state index contributed by atoms with van der Waals surface area (Å²) in [5.74, 6) is -2.67. The number of carbonyl (C=O) groups is 4. The van der Waals surface area contributed by atoms with Gasteiger partial charge in [-0.2, -0.15) is 0 Å². The molecule has 1 aliphatic heterocycles. The summed E-state index contributed by atoms with van der Waals surface area (Å²) in [6.07, 6.45) is -0.856. The molecule has 1 heterocycles. The van der Waals surface area contributed by atoms with Gasteiger partial charge in [0, 0.05) is 17.4 Å². The first kappa shape index (κ1) is 22.4. The average Bonchev–Trinajstić information content (AvgIpc) is 2.97. The molecule has 1 atom stereocenters. The first-order chi connectivity index (χ1) is 14.8. The Bertz CT molecular complexity index is 1050. The van der Waals surface area contributed by atoms with Crippen molar-refractivity contribution in [2.45, 2.75) is 25.9 Å². The highest BCUT2D eigenvalue weighted by molar-refractivity contribution is 9.10. The van der Waals surface area contributed by atoms with Gasteiger partial charge in [-0.05, 0) is 43.7 Å². The third-order valence-corrected chi connectivity index (χ3v) is 5.05. The van der Waals surface area contributed by atoms with Gasteiger partial charge in [-0.1, -0.05) is 28.1 Å². The van der Waals surface area contributed by atoms with E-state index in [1.54, 1.807) is 24.3 Å². The second-order valence-corrected chi connectivity index (χ2v) is 7.70. The number of amides is 4. The van der Waals surface area contributed by atoms with E-state index < -0.39 is 35.5 Å². The van der Waals surface area contributed by atoms with Gasteiger partial charge in [0.2, 0.25) is 5.91 Å². The van der Waals surface area contributed by atoms with Gasteiger partial charge < -0.3 is 4.74 Å². The zero-order valence-electron chi connectivity index (χ0n) is 16.5. The lowest BCUT2D eigenvalue weighted by Gasteiger charge is -2.16. The van der Waals surface area contributed by atoms with Crippen LogP contribution < -0.4 is 15.6 Å². The minimum absolute atomic E-state index is 0.0278. The van der Waals surface area contributed by atoms with Crippen LogP contribution in [0.4, 0.5) is 4.39 Å². The predicted octanol–water partition coefficient (Wildman–Crippen LogP) is 2.58. The molecule has 0 fully saturated rings. The highest BCUT2D eigenvalue weighted by Crippen LogP contribution is 2.26. The maximum absolute atomic E-state index is 13.6. The fourth-order valence-electron chi connectivity index (χ4n) is 2.94. The van der Waals surface area contributed by atoms with E-state index in [4.69, 9.17) is 4.74 Å². The number of ether oxygens (including phenoxy) is 1. The molecule has 0 aromatic heterocycles. The fourth-order valence-corrected chi connectivity index (χ4v) is 3.30. The minimum atomic E-state index is -1.05. The van der Waals surface area contributed by atoms with E-state index in [9.17, 15) is 23.6 Å². The largest absolute Gasteiger partial charge is 0.478 e. The van der Waals surface area contributed by atoms with Crippen LogP contribution in [0.1, 0.15) is 40.5 Å². The number of nitrogens with one attached hydrogen (secondary N) is 2. The summed E-state index contributed by atoms with van der Waals surface area (Å²) in [6, 6.07) is 10.5. The smallest absolute Gasteiger partial charge is 0.279 e. The van der Waals surface area contributed by atoms with Gasteiger partial charge in [-0.25, -0.2) is 4.39 Å². The number of hydrogen-bond acceptors (Lipinski definition) is 5. The Balaban J connectivity index is 1.42. The molecule has 4 amide bonds. The SMILES string of the molecule is CC(Oc1ccccc1F)C(=O)NNC(=O)CCCN1C(=O)c2ccc(Br)cc2C1=O. The summed E-state index contributed by atoms with van der Waals surface area (Å²) in [4.78, 5) is 49.8. The molecule has 3 rings (SSSR count). The maximum atomic E-state index is 13.6. The first-order valence-electron chi connectivity index (χ1n) is 9.43. The highest BCUT2D eigenvalue weighted by atomic mass is 79.9. The Morgan fingerprint density at radius 2 is 1.81 bits per heavy atom. The van der Waals surface area contributed by atoms with Gasteiger partial charge in [0.25, 0.3) is 17.7 Å². The third-order valence-electron chi connectivity index (χ3n) is 4.55. The monoisotopic (exact) mass is 491 g/mol. The fraction of sp³-hybridized carbons (Fsp3) is 0.238. The van der Waals surface area contributed by atoms with Crippen molar-refractivity contribution >= 4 is 39.6 Å². The van der Waals surface area contributed by atoms with Crippen LogP contribution in [0.25, 0.3) is 0 Å². The van der Waals surface area contributed by atoms with Crippen molar-refractivity contribution in [3.8, 4) is 5.75 Å². The number of rotatable bonds is 7. The molecule has 0 saturated heterocycles. The number of benzene rings is 2. The second kappa shape index (κ2) is 9.69. The lowest BCUT2D eigenvalue weighted by molar-refractivity contribution is -0.132. The summed E-state index contributed by atoms with van der Waals surface area (Å²) >= 11 is 3.27. The van der Waals surface area contributed by atoms with Crippen molar-refractivity contribution in [2.24, 2.45) is 0 Å². The first-order valence-corrected chi connectivity index (χ1v) is 10.2. The standard InChI is InChI=1S/C21H19BrFN3O5/c1-12(31-17-6-3-2-5-16(17)23)19(28)25-24-18(27)7-4-10-26-20(29)14-9-8-13(22)11-15(14)21(26)30/h2-3,5-6,8-9,11-12H,4,7,10H2,1H3,(H,24,27)(H,25,28). The van der Waals surface area contributed by atoms with E-state index >= 15 is 0 Å². The normalized spacial score (nSPS) is 13.6. The molecule has 0 spiro atoms. The molecule has 0 saturated carbocycles. The van der Waals surface area contributed by atoms with Crippen LogP contribution >= 0.6 is 15.9 Å². The van der Waals surface area contributed by atoms with E-state index in [0.29, 0.717) is 15.6 Å². The summed E-state index contributed by atoms with van der Waals surface area (Å²) in [5, 5.41) is 0. The lowest BCUT2D eigenvalue weighted by atomic mass is 10.1. The van der Waals surface area contributed by atoms with Crippen LogP contribution in [0.15, 0.2) is 46.9 Å². The average molecular weight is 492 g/mol. The quantitative estimate of drug-likeness (QED) is 0.457. The molecule has 2 aromatic carbocycles. The number of imide groups is 1. The van der Waals surface area contributed by atoms with Crippen LogP contribution in [-0.2, 0) is 9.59 Å². The molecule has 162 valence electrons. The van der Waals surface area contributed by atoms with Gasteiger partial charge in [0.1, 0.15) is 0 Å². The topological polar surface area (TPSA) is 105 Å². The molecular formula is C21H19BrFN3O5. The lowest BCUT2D eigenvalue weighted by Crippen LogP contribution is -2.47. The Hall–Kier alpha value is -3.27. The zero-order valence-corrected chi connectivity index (χ0v) is 18.1. The molecule has 31 heavy (non-hydrogen) atoms. The van der Waals surface area contributed by atoms with E-state index in [2.05, 4.69) is 26.8 Å². The number of halogens is 2. The Labute approximate surface area is 185 Å². The minimum Gasteiger partial charge on any atom is -0.478 e. The molecule has 0 aliphatic carbocycles. The van der Waals surface area contributed by atoms with Crippen molar-refractivity contribution in [1.82, 2.24) is 15.8 Å². The van der Waals surface area contributed by atoms with E-state index in [-0.39, 0.29) is 25.1 Å². The van der Waals surface area contributed by atoms with Gasteiger partial charge in [0.05, 0.1) is 11.1 Å². The van der Waals surface area contributed by atoms with Crippen LogP contribution in [0.2, 0.25) is 0 Å².